The number of amides is 1. The number of benzene rings is 1. The first-order valence-corrected chi connectivity index (χ1v) is 7.92. The van der Waals surface area contributed by atoms with Crippen molar-refractivity contribution in [3.63, 3.8) is 0 Å². The van der Waals surface area contributed by atoms with Gasteiger partial charge in [-0.1, -0.05) is 11.6 Å². The molecule has 1 aromatic rings. The van der Waals surface area contributed by atoms with Crippen molar-refractivity contribution < 1.29 is 4.79 Å². The summed E-state index contributed by atoms with van der Waals surface area (Å²) in [6, 6.07) is 7.78. The molecule has 2 rings (SSSR count). The highest BCUT2D eigenvalue weighted by Gasteiger charge is 2.28. The Morgan fingerprint density at radius 2 is 2.11 bits per heavy atom. The van der Waals surface area contributed by atoms with Gasteiger partial charge in [-0.05, 0) is 43.0 Å². The van der Waals surface area contributed by atoms with Crippen LogP contribution in [0.15, 0.2) is 29.2 Å². The molecular weight excluding hydrogens is 280 g/mol. The van der Waals surface area contributed by atoms with E-state index in [0.29, 0.717) is 18.9 Å². The van der Waals surface area contributed by atoms with Crippen molar-refractivity contribution in [2.24, 2.45) is 11.7 Å². The number of hydrogen-bond donors (Lipinski definition) is 2. The van der Waals surface area contributed by atoms with Crippen LogP contribution in [0.3, 0.4) is 0 Å². The second-order valence-corrected chi connectivity index (χ2v) is 6.46. The average Bonchev–Trinajstić information content (AvgIpc) is 3.23. The maximum atomic E-state index is 11.6. The molecule has 0 spiro atoms. The fourth-order valence-corrected chi connectivity index (χ4v) is 2.78. The third kappa shape index (κ3) is 5.43. The maximum absolute atomic E-state index is 11.6. The average molecular weight is 299 g/mol. The van der Waals surface area contributed by atoms with Crippen LogP contribution in [-0.2, 0) is 4.79 Å². The van der Waals surface area contributed by atoms with Crippen molar-refractivity contribution in [1.29, 1.82) is 0 Å². The molecule has 1 amide bonds. The van der Waals surface area contributed by atoms with Crippen LogP contribution in [0.1, 0.15) is 19.3 Å². The highest BCUT2D eigenvalue weighted by Crippen LogP contribution is 2.31. The summed E-state index contributed by atoms with van der Waals surface area (Å²) >= 11 is 7.47. The van der Waals surface area contributed by atoms with Crippen molar-refractivity contribution in [3.05, 3.63) is 29.3 Å². The molecule has 0 aromatic heterocycles. The molecule has 1 saturated carbocycles. The number of halogens is 1. The van der Waals surface area contributed by atoms with Crippen LogP contribution in [0.25, 0.3) is 0 Å². The van der Waals surface area contributed by atoms with Gasteiger partial charge in [-0.2, -0.15) is 0 Å². The second-order valence-electron chi connectivity index (χ2n) is 4.86. The summed E-state index contributed by atoms with van der Waals surface area (Å²) in [7, 11) is 0. The van der Waals surface area contributed by atoms with E-state index in [1.165, 1.54) is 12.8 Å². The van der Waals surface area contributed by atoms with Crippen LogP contribution in [0, 0.1) is 5.92 Å². The zero-order valence-electron chi connectivity index (χ0n) is 10.8. The number of nitrogens with two attached hydrogens (primary N) is 1. The molecule has 19 heavy (non-hydrogen) atoms. The first-order chi connectivity index (χ1) is 9.15. The molecule has 1 atom stereocenters. The van der Waals surface area contributed by atoms with E-state index in [4.69, 9.17) is 17.3 Å². The van der Waals surface area contributed by atoms with Gasteiger partial charge in [0.25, 0.3) is 0 Å². The lowest BCUT2D eigenvalue weighted by Crippen LogP contribution is -2.38. The zero-order valence-corrected chi connectivity index (χ0v) is 12.3. The van der Waals surface area contributed by atoms with E-state index in [1.807, 2.05) is 24.3 Å². The summed E-state index contributed by atoms with van der Waals surface area (Å²) in [5.41, 5.74) is 5.93. The first-order valence-electron chi connectivity index (χ1n) is 6.56. The monoisotopic (exact) mass is 298 g/mol. The van der Waals surface area contributed by atoms with Crippen molar-refractivity contribution in [1.82, 2.24) is 5.32 Å². The molecule has 1 aliphatic carbocycles. The third-order valence-corrected chi connectivity index (χ3v) is 4.44. The number of hydrogen-bond acceptors (Lipinski definition) is 3. The third-order valence-electron chi connectivity index (χ3n) is 3.17. The van der Waals surface area contributed by atoms with Gasteiger partial charge in [0.05, 0.1) is 0 Å². The number of carbonyl (C=O) groups is 1. The molecule has 1 aromatic carbocycles. The molecule has 0 aliphatic heterocycles. The van der Waals surface area contributed by atoms with Gasteiger partial charge < -0.3 is 11.1 Å². The SMILES string of the molecule is NC(CNC(=O)CCSc1ccc(Cl)cc1)C1CC1. The fraction of sp³-hybridized carbons (Fsp3) is 0.500. The van der Waals surface area contributed by atoms with Crippen molar-refractivity contribution in [3.8, 4) is 0 Å². The van der Waals surface area contributed by atoms with Gasteiger partial charge in [-0.25, -0.2) is 0 Å². The highest BCUT2D eigenvalue weighted by atomic mass is 35.5. The van der Waals surface area contributed by atoms with Gasteiger partial charge in [0.2, 0.25) is 5.91 Å². The van der Waals surface area contributed by atoms with Crippen LogP contribution in [0.5, 0.6) is 0 Å². The Labute approximate surface area is 123 Å². The van der Waals surface area contributed by atoms with Gasteiger partial charge in [0, 0.05) is 34.7 Å². The van der Waals surface area contributed by atoms with Crippen molar-refractivity contribution >= 4 is 29.3 Å². The number of rotatable bonds is 7. The molecular formula is C14H19ClN2OS. The lowest BCUT2D eigenvalue weighted by Gasteiger charge is -2.11. The summed E-state index contributed by atoms with van der Waals surface area (Å²) in [4.78, 5) is 12.8. The Morgan fingerprint density at radius 1 is 1.42 bits per heavy atom. The van der Waals surface area contributed by atoms with Gasteiger partial charge in [0.1, 0.15) is 0 Å². The van der Waals surface area contributed by atoms with Crippen molar-refractivity contribution in [2.75, 3.05) is 12.3 Å². The van der Waals surface area contributed by atoms with E-state index in [-0.39, 0.29) is 11.9 Å². The number of thioether (sulfide) groups is 1. The van der Waals surface area contributed by atoms with Gasteiger partial charge in [-0.3, -0.25) is 4.79 Å². The molecule has 1 unspecified atom stereocenters. The van der Waals surface area contributed by atoms with E-state index in [0.717, 1.165) is 15.7 Å². The summed E-state index contributed by atoms with van der Waals surface area (Å²) in [6.45, 7) is 0.606. The molecule has 0 radical (unpaired) electrons. The molecule has 1 aliphatic rings. The maximum Gasteiger partial charge on any atom is 0.220 e. The molecule has 104 valence electrons. The van der Waals surface area contributed by atoms with E-state index in [9.17, 15) is 4.79 Å². The van der Waals surface area contributed by atoms with Gasteiger partial charge >= 0.3 is 0 Å². The standard InChI is InChI=1S/C14H19ClN2OS/c15-11-3-5-12(6-4-11)19-8-7-14(18)17-9-13(16)10-1-2-10/h3-6,10,13H,1-2,7-9,16H2,(H,17,18). The lowest BCUT2D eigenvalue weighted by atomic mass is 10.2. The smallest absolute Gasteiger partial charge is 0.220 e. The van der Waals surface area contributed by atoms with E-state index in [1.54, 1.807) is 11.8 Å². The van der Waals surface area contributed by atoms with E-state index < -0.39 is 0 Å². The molecule has 0 heterocycles. The fourth-order valence-electron chi connectivity index (χ4n) is 1.80. The molecule has 3 N–H and O–H groups in total. The summed E-state index contributed by atoms with van der Waals surface area (Å²) in [6.07, 6.45) is 2.94. The normalized spacial score (nSPS) is 16.1. The summed E-state index contributed by atoms with van der Waals surface area (Å²) < 4.78 is 0. The minimum Gasteiger partial charge on any atom is -0.355 e. The Balaban J connectivity index is 1.59. The Hall–Kier alpha value is -0.710. The van der Waals surface area contributed by atoms with Crippen molar-refractivity contribution in [2.45, 2.75) is 30.2 Å². The summed E-state index contributed by atoms with van der Waals surface area (Å²) in [5.74, 6) is 1.48. The molecule has 1 fully saturated rings. The van der Waals surface area contributed by atoms with Crippen LogP contribution < -0.4 is 11.1 Å². The predicted molar refractivity (Wildman–Crippen MR) is 80.5 cm³/mol. The second kappa shape index (κ2) is 7.17. The Bertz CT molecular complexity index is 420. The topological polar surface area (TPSA) is 55.1 Å². The molecule has 0 bridgehead atoms. The predicted octanol–water partition coefficient (Wildman–Crippen LogP) is 2.68. The first kappa shape index (κ1) is 14.7. The molecule has 5 heteroatoms. The number of nitrogens with one attached hydrogen (secondary N) is 1. The largest absolute Gasteiger partial charge is 0.355 e. The molecule has 0 saturated heterocycles. The quantitative estimate of drug-likeness (QED) is 0.761. The van der Waals surface area contributed by atoms with Crippen LogP contribution >= 0.6 is 23.4 Å². The van der Waals surface area contributed by atoms with E-state index >= 15 is 0 Å². The van der Waals surface area contributed by atoms with E-state index in [2.05, 4.69) is 5.32 Å². The van der Waals surface area contributed by atoms with Gasteiger partial charge in [0.15, 0.2) is 0 Å². The lowest BCUT2D eigenvalue weighted by molar-refractivity contribution is -0.120. The Morgan fingerprint density at radius 3 is 2.74 bits per heavy atom. The summed E-state index contributed by atoms with van der Waals surface area (Å²) in [5, 5.41) is 3.63. The zero-order chi connectivity index (χ0) is 13.7. The number of carbonyl (C=O) groups excluding carboxylic acids is 1. The Kier molecular flexibility index (Phi) is 5.55. The minimum absolute atomic E-state index is 0.0811. The van der Waals surface area contributed by atoms with Crippen LogP contribution in [-0.4, -0.2) is 24.2 Å². The minimum atomic E-state index is 0.0811. The van der Waals surface area contributed by atoms with Crippen LogP contribution in [0.2, 0.25) is 5.02 Å². The molecule has 3 nitrogen and oxygen atoms in total. The highest BCUT2D eigenvalue weighted by molar-refractivity contribution is 7.99. The van der Waals surface area contributed by atoms with Gasteiger partial charge in [-0.15, -0.1) is 11.8 Å². The van der Waals surface area contributed by atoms with Crippen LogP contribution in [0.4, 0.5) is 0 Å².